The average molecular weight is 222 g/mol. The number of anilines is 1. The van der Waals surface area contributed by atoms with Gasteiger partial charge >= 0.3 is 0 Å². The second-order valence-corrected chi connectivity index (χ2v) is 4.14. The van der Waals surface area contributed by atoms with E-state index in [2.05, 4.69) is 5.32 Å². The molecule has 1 fully saturated rings. The fraction of sp³-hybridized carbons (Fsp3) is 0.364. The zero-order valence-corrected chi connectivity index (χ0v) is 8.73. The Kier molecular flexibility index (Phi) is 2.47. The number of hydrogen-bond acceptors (Lipinski definition) is 4. The lowest BCUT2D eigenvalue weighted by atomic mass is 10.1. The van der Waals surface area contributed by atoms with E-state index in [0.29, 0.717) is 0 Å². The summed E-state index contributed by atoms with van der Waals surface area (Å²) in [4.78, 5) is 11.8. The number of aliphatic hydroxyl groups is 1. The lowest BCUT2D eigenvalue weighted by molar-refractivity contribution is 0.0904. The summed E-state index contributed by atoms with van der Waals surface area (Å²) >= 11 is 0. The van der Waals surface area contributed by atoms with Gasteiger partial charge in [-0.25, -0.2) is 0 Å². The van der Waals surface area contributed by atoms with Crippen molar-refractivity contribution in [3.05, 3.63) is 23.8 Å². The Morgan fingerprint density at radius 1 is 1.50 bits per heavy atom. The van der Waals surface area contributed by atoms with Crippen LogP contribution in [-0.4, -0.2) is 28.3 Å². The normalized spacial score (nSPS) is 16.8. The fourth-order valence-electron chi connectivity index (χ4n) is 1.53. The number of nitrogens with one attached hydrogen (secondary N) is 1. The SMILES string of the molecule is Nc1cccc(C(=O)NC2(CO)CC2)c1O. The van der Waals surface area contributed by atoms with Crippen LogP contribution in [0.25, 0.3) is 0 Å². The monoisotopic (exact) mass is 222 g/mol. The van der Waals surface area contributed by atoms with E-state index in [-0.39, 0.29) is 23.6 Å². The van der Waals surface area contributed by atoms with Crippen molar-refractivity contribution in [1.82, 2.24) is 5.32 Å². The highest BCUT2D eigenvalue weighted by molar-refractivity contribution is 5.99. The van der Waals surface area contributed by atoms with Gasteiger partial charge in [0.25, 0.3) is 5.91 Å². The topological polar surface area (TPSA) is 95.6 Å². The minimum absolute atomic E-state index is 0.0815. The molecule has 0 aromatic heterocycles. The maximum absolute atomic E-state index is 11.8. The Bertz CT molecular complexity index is 427. The summed E-state index contributed by atoms with van der Waals surface area (Å²) in [6.07, 6.45) is 1.52. The molecule has 0 spiro atoms. The number of carbonyl (C=O) groups excluding carboxylic acids is 1. The summed E-state index contributed by atoms with van der Waals surface area (Å²) in [6, 6.07) is 4.61. The Labute approximate surface area is 92.9 Å². The van der Waals surface area contributed by atoms with Gasteiger partial charge in [-0.1, -0.05) is 6.07 Å². The van der Waals surface area contributed by atoms with Crippen LogP contribution in [0.5, 0.6) is 5.75 Å². The Morgan fingerprint density at radius 2 is 2.19 bits per heavy atom. The molecule has 1 saturated carbocycles. The lowest BCUT2D eigenvalue weighted by Crippen LogP contribution is -2.39. The first-order valence-electron chi connectivity index (χ1n) is 5.09. The van der Waals surface area contributed by atoms with E-state index in [9.17, 15) is 9.90 Å². The highest BCUT2D eigenvalue weighted by atomic mass is 16.3. The number of phenols is 1. The number of nitrogen functional groups attached to an aromatic ring is 1. The maximum Gasteiger partial charge on any atom is 0.255 e. The molecular formula is C11H14N2O3. The number of aliphatic hydroxyl groups excluding tert-OH is 1. The molecule has 0 aliphatic heterocycles. The first-order chi connectivity index (χ1) is 7.58. The minimum atomic E-state index is -0.492. The molecule has 1 aromatic rings. The Hall–Kier alpha value is -1.75. The van der Waals surface area contributed by atoms with E-state index in [0.717, 1.165) is 12.8 Å². The third kappa shape index (κ3) is 1.81. The summed E-state index contributed by atoms with van der Waals surface area (Å²) in [5.41, 5.74) is 5.31. The molecule has 5 N–H and O–H groups in total. The number of para-hydroxylation sites is 1. The van der Waals surface area contributed by atoms with Gasteiger partial charge in [0.1, 0.15) is 0 Å². The van der Waals surface area contributed by atoms with Crippen LogP contribution in [0, 0.1) is 0 Å². The van der Waals surface area contributed by atoms with E-state index in [1.54, 1.807) is 6.07 Å². The highest BCUT2D eigenvalue weighted by Gasteiger charge is 2.43. The summed E-state index contributed by atoms with van der Waals surface area (Å²) < 4.78 is 0. The lowest BCUT2D eigenvalue weighted by Gasteiger charge is -2.15. The van der Waals surface area contributed by atoms with Crippen LogP contribution in [0.2, 0.25) is 0 Å². The molecule has 5 heteroatoms. The molecule has 0 radical (unpaired) electrons. The molecule has 0 atom stereocenters. The first-order valence-corrected chi connectivity index (χ1v) is 5.09. The van der Waals surface area contributed by atoms with Crippen LogP contribution in [0.1, 0.15) is 23.2 Å². The van der Waals surface area contributed by atoms with Gasteiger partial charge in [0.2, 0.25) is 0 Å². The number of phenolic OH excluding ortho intramolecular Hbond substituents is 1. The van der Waals surface area contributed by atoms with Gasteiger partial charge in [-0.05, 0) is 25.0 Å². The van der Waals surface area contributed by atoms with Crippen molar-refractivity contribution in [1.29, 1.82) is 0 Å². The Morgan fingerprint density at radius 3 is 2.75 bits per heavy atom. The van der Waals surface area contributed by atoms with E-state index in [4.69, 9.17) is 10.8 Å². The van der Waals surface area contributed by atoms with E-state index >= 15 is 0 Å². The predicted molar refractivity (Wildman–Crippen MR) is 59.0 cm³/mol. The largest absolute Gasteiger partial charge is 0.505 e. The number of benzene rings is 1. The standard InChI is InChI=1S/C11H14N2O3/c12-8-3-1-2-7(9(8)15)10(16)13-11(6-14)4-5-11/h1-3,14-15H,4-6,12H2,(H,13,16). The second-order valence-electron chi connectivity index (χ2n) is 4.14. The smallest absolute Gasteiger partial charge is 0.255 e. The molecule has 16 heavy (non-hydrogen) atoms. The molecule has 0 heterocycles. The van der Waals surface area contributed by atoms with Gasteiger partial charge in [0.15, 0.2) is 5.75 Å². The van der Waals surface area contributed by atoms with Gasteiger partial charge < -0.3 is 21.3 Å². The number of rotatable bonds is 3. The van der Waals surface area contributed by atoms with Crippen LogP contribution >= 0.6 is 0 Å². The predicted octanol–water partition coefficient (Wildman–Crippen LogP) is 0.229. The van der Waals surface area contributed by atoms with Gasteiger partial charge in [0, 0.05) is 0 Å². The summed E-state index contributed by atoms with van der Waals surface area (Å²) in [7, 11) is 0. The third-order valence-electron chi connectivity index (χ3n) is 2.85. The zero-order valence-electron chi connectivity index (χ0n) is 8.73. The molecule has 1 amide bonds. The first kappa shape index (κ1) is 10.8. The molecule has 1 aromatic carbocycles. The number of carbonyl (C=O) groups is 1. The van der Waals surface area contributed by atoms with Crippen LogP contribution in [0.15, 0.2) is 18.2 Å². The summed E-state index contributed by atoms with van der Waals surface area (Å²) in [6.45, 7) is -0.0815. The van der Waals surface area contributed by atoms with Crippen LogP contribution in [0.3, 0.4) is 0 Å². The van der Waals surface area contributed by atoms with Crippen molar-refractivity contribution in [2.24, 2.45) is 0 Å². The quantitative estimate of drug-likeness (QED) is 0.435. The fourth-order valence-corrected chi connectivity index (χ4v) is 1.53. The van der Waals surface area contributed by atoms with Crippen molar-refractivity contribution in [3.63, 3.8) is 0 Å². The molecule has 0 saturated heterocycles. The van der Waals surface area contributed by atoms with E-state index in [1.807, 2.05) is 0 Å². The maximum atomic E-state index is 11.8. The minimum Gasteiger partial charge on any atom is -0.505 e. The van der Waals surface area contributed by atoms with Gasteiger partial charge in [-0.2, -0.15) is 0 Å². The molecule has 2 rings (SSSR count). The summed E-state index contributed by atoms with van der Waals surface area (Å²) in [5.74, 6) is -0.620. The van der Waals surface area contributed by atoms with Gasteiger partial charge in [-0.15, -0.1) is 0 Å². The van der Waals surface area contributed by atoms with Crippen LogP contribution in [0.4, 0.5) is 5.69 Å². The van der Waals surface area contributed by atoms with Crippen LogP contribution < -0.4 is 11.1 Å². The second kappa shape index (κ2) is 3.68. The molecule has 5 nitrogen and oxygen atoms in total. The number of hydrogen-bond donors (Lipinski definition) is 4. The van der Waals surface area contributed by atoms with Crippen molar-refractivity contribution < 1.29 is 15.0 Å². The van der Waals surface area contributed by atoms with Gasteiger partial charge in [-0.3, -0.25) is 4.79 Å². The number of nitrogens with two attached hydrogens (primary N) is 1. The number of amides is 1. The van der Waals surface area contributed by atoms with Crippen molar-refractivity contribution >= 4 is 11.6 Å². The van der Waals surface area contributed by atoms with E-state index < -0.39 is 11.4 Å². The molecular weight excluding hydrogens is 208 g/mol. The summed E-state index contributed by atoms with van der Waals surface area (Å²) in [5, 5.41) is 21.4. The Balaban J connectivity index is 2.18. The van der Waals surface area contributed by atoms with E-state index in [1.165, 1.54) is 12.1 Å². The average Bonchev–Trinajstić information content (AvgIpc) is 3.02. The van der Waals surface area contributed by atoms with Crippen LogP contribution in [-0.2, 0) is 0 Å². The van der Waals surface area contributed by atoms with Crippen molar-refractivity contribution in [2.75, 3.05) is 12.3 Å². The van der Waals surface area contributed by atoms with Crippen molar-refractivity contribution in [2.45, 2.75) is 18.4 Å². The highest BCUT2D eigenvalue weighted by Crippen LogP contribution is 2.35. The third-order valence-corrected chi connectivity index (χ3v) is 2.85. The molecule has 1 aliphatic carbocycles. The number of aromatic hydroxyl groups is 1. The van der Waals surface area contributed by atoms with Crippen molar-refractivity contribution in [3.8, 4) is 5.75 Å². The molecule has 86 valence electrons. The van der Waals surface area contributed by atoms with Gasteiger partial charge in [0.05, 0.1) is 23.4 Å². The zero-order chi connectivity index (χ0) is 11.8. The molecule has 1 aliphatic rings. The molecule has 0 unspecified atom stereocenters. The molecule has 0 bridgehead atoms.